The fraction of sp³-hybridized carbons (Fsp3) is 0.333. The second-order valence-electron chi connectivity index (χ2n) is 4.28. The molecule has 0 aliphatic carbocycles. The quantitative estimate of drug-likeness (QED) is 0.843. The zero-order valence-corrected chi connectivity index (χ0v) is 12.2. The van der Waals surface area contributed by atoms with Crippen LogP contribution < -0.4 is 11.4 Å². The topological polar surface area (TPSA) is 90.4 Å². The molecule has 2 rings (SSSR count). The van der Waals surface area contributed by atoms with Crippen LogP contribution in [0, 0.1) is 0 Å². The van der Waals surface area contributed by atoms with Crippen molar-refractivity contribution in [2.24, 2.45) is 0 Å². The molecular weight excluding hydrogens is 352 g/mol. The van der Waals surface area contributed by atoms with Gasteiger partial charge in [-0.25, -0.2) is 13.6 Å². The molecule has 1 aliphatic rings. The molecule has 0 spiro atoms. The van der Waals surface area contributed by atoms with E-state index in [0.717, 1.165) is 4.57 Å². The van der Waals surface area contributed by atoms with Gasteiger partial charge in [0.05, 0.1) is 12.9 Å². The zero-order valence-electron chi connectivity index (χ0n) is 10.6. The van der Waals surface area contributed by atoms with Crippen molar-refractivity contribution in [2.75, 3.05) is 12.3 Å². The zero-order chi connectivity index (χ0) is 15.6. The summed E-state index contributed by atoms with van der Waals surface area (Å²) < 4.78 is 32.9. The Labute approximate surface area is 126 Å². The number of aliphatic hydroxyl groups is 1. The van der Waals surface area contributed by atoms with Gasteiger partial charge in [-0.15, -0.1) is 0 Å². The van der Waals surface area contributed by atoms with Crippen molar-refractivity contribution in [1.82, 2.24) is 9.55 Å². The van der Waals surface area contributed by atoms with Crippen molar-refractivity contribution in [3.63, 3.8) is 0 Å². The second-order valence-corrected chi connectivity index (χ2v) is 4.81. The number of halogens is 3. The van der Waals surface area contributed by atoms with Crippen LogP contribution in [0.2, 0.25) is 0 Å². The molecule has 9 heteroatoms. The number of hydrogen-bond acceptors (Lipinski definition) is 5. The lowest BCUT2D eigenvalue weighted by Crippen LogP contribution is -2.29. The van der Waals surface area contributed by atoms with Crippen LogP contribution in [0.4, 0.5) is 14.6 Å². The first-order chi connectivity index (χ1) is 10.0. The molecule has 3 unspecified atom stereocenters. The van der Waals surface area contributed by atoms with Gasteiger partial charge < -0.3 is 15.6 Å². The molecule has 1 aromatic rings. The Morgan fingerprint density at radius 2 is 2.33 bits per heavy atom. The van der Waals surface area contributed by atoms with Crippen molar-refractivity contribution >= 4 is 27.8 Å². The van der Waals surface area contributed by atoms with Gasteiger partial charge >= 0.3 is 5.69 Å². The van der Waals surface area contributed by atoms with E-state index in [-0.39, 0.29) is 12.1 Å². The highest BCUT2D eigenvalue weighted by Crippen LogP contribution is 2.35. The average molecular weight is 364 g/mol. The van der Waals surface area contributed by atoms with Crippen molar-refractivity contribution in [2.45, 2.75) is 18.5 Å². The number of nitrogens with zero attached hydrogens (tertiary/aromatic N) is 2. The Balaban J connectivity index is 2.51. The van der Waals surface area contributed by atoms with Crippen LogP contribution in [0.5, 0.6) is 0 Å². The molecule has 6 nitrogen and oxygen atoms in total. The first-order valence-electron chi connectivity index (χ1n) is 5.89. The lowest BCUT2D eigenvalue weighted by molar-refractivity contribution is -0.0322. The number of ether oxygens (including phenoxy) is 1. The van der Waals surface area contributed by atoms with Gasteiger partial charge in [0, 0.05) is 17.3 Å². The largest absolute Gasteiger partial charge is 0.394 e. The molecule has 0 radical (unpaired) electrons. The minimum absolute atomic E-state index is 0.0220. The number of hydrogen-bond donors (Lipinski definition) is 2. The van der Waals surface area contributed by atoms with E-state index in [4.69, 9.17) is 15.6 Å². The molecule has 2 heterocycles. The maximum absolute atomic E-state index is 13.9. The molecule has 1 aliphatic heterocycles. The summed E-state index contributed by atoms with van der Waals surface area (Å²) in [7, 11) is 0. The highest BCUT2D eigenvalue weighted by atomic mass is 79.9. The minimum Gasteiger partial charge on any atom is -0.394 e. The van der Waals surface area contributed by atoms with Crippen LogP contribution in [0.25, 0.3) is 6.08 Å². The number of rotatable bonds is 3. The van der Waals surface area contributed by atoms with Crippen LogP contribution in [-0.2, 0) is 4.74 Å². The predicted molar refractivity (Wildman–Crippen MR) is 76.0 cm³/mol. The highest BCUT2D eigenvalue weighted by Gasteiger charge is 2.41. The number of alkyl halides is 1. The number of aliphatic hydroxyl groups excluding tert-OH is 1. The summed E-state index contributed by atoms with van der Waals surface area (Å²) in [5.74, 6) is -0.0220. The Kier molecular flexibility index (Phi) is 4.86. The van der Waals surface area contributed by atoms with Gasteiger partial charge in [-0.2, -0.15) is 4.98 Å². The molecule has 1 saturated heterocycles. The summed E-state index contributed by atoms with van der Waals surface area (Å²) in [6.45, 7) is -0.639. The third-order valence-corrected chi connectivity index (χ3v) is 3.31. The van der Waals surface area contributed by atoms with Crippen molar-refractivity contribution < 1.29 is 18.6 Å². The number of anilines is 1. The lowest BCUT2D eigenvalue weighted by atomic mass is 10.1. The Morgan fingerprint density at radius 3 is 2.90 bits per heavy atom. The number of aromatic nitrogens is 2. The van der Waals surface area contributed by atoms with E-state index >= 15 is 0 Å². The number of nitrogens with two attached hydrogens (primary N) is 1. The normalized spacial score (nSPS) is 27.8. The predicted octanol–water partition coefficient (Wildman–Crippen LogP) is 1.27. The average Bonchev–Trinajstić information content (AvgIpc) is 2.78. The highest BCUT2D eigenvalue weighted by molar-refractivity contribution is 9.11. The molecule has 21 heavy (non-hydrogen) atoms. The fourth-order valence-electron chi connectivity index (χ4n) is 2.00. The molecule has 3 N–H and O–H groups in total. The van der Waals surface area contributed by atoms with E-state index < -0.39 is 36.4 Å². The maximum atomic E-state index is 13.9. The van der Waals surface area contributed by atoms with Crippen LogP contribution in [0.15, 0.2) is 27.9 Å². The van der Waals surface area contributed by atoms with Crippen molar-refractivity contribution in [3.8, 4) is 0 Å². The smallest absolute Gasteiger partial charge is 0.351 e. The molecule has 1 aromatic heterocycles. The third kappa shape index (κ3) is 2.89. The van der Waals surface area contributed by atoms with Gasteiger partial charge in [0.1, 0.15) is 11.9 Å². The summed E-state index contributed by atoms with van der Waals surface area (Å²) >= 11 is 3.06. The van der Waals surface area contributed by atoms with E-state index in [1.54, 1.807) is 0 Å². The second kappa shape index (κ2) is 6.46. The molecule has 0 bridgehead atoms. The SMILES string of the molecule is Nc1nc(=O)n(C2OC(CO)C(F)/C2=C\F)cc1/C=C/Br. The molecule has 1 fully saturated rings. The Hall–Kier alpha value is -1.58. The minimum atomic E-state index is -1.84. The van der Waals surface area contributed by atoms with Gasteiger partial charge in [-0.1, -0.05) is 15.9 Å². The van der Waals surface area contributed by atoms with E-state index in [0.29, 0.717) is 5.56 Å². The molecular formula is C12H12BrF2N3O3. The molecule has 114 valence electrons. The Morgan fingerprint density at radius 1 is 1.62 bits per heavy atom. The van der Waals surface area contributed by atoms with Gasteiger partial charge in [0.25, 0.3) is 0 Å². The maximum Gasteiger partial charge on any atom is 0.351 e. The van der Waals surface area contributed by atoms with E-state index in [2.05, 4.69) is 20.9 Å². The van der Waals surface area contributed by atoms with Gasteiger partial charge in [-0.05, 0) is 11.1 Å². The standard InChI is InChI=1S/C12H12BrF2N3O3/c13-2-1-6-4-18(12(20)17-10(6)16)11-7(3-14)9(15)8(5-19)21-11/h1-4,8-9,11,19H,5H2,(H2,16,17,20)/b2-1+,7-3+. The fourth-order valence-corrected chi connectivity index (χ4v) is 2.29. The van der Waals surface area contributed by atoms with E-state index in [1.807, 2.05) is 0 Å². The van der Waals surface area contributed by atoms with Crippen LogP contribution >= 0.6 is 15.9 Å². The van der Waals surface area contributed by atoms with Gasteiger partial charge in [0.15, 0.2) is 12.4 Å². The first kappa shape index (κ1) is 15.8. The summed E-state index contributed by atoms with van der Waals surface area (Å²) in [5.41, 5.74) is 4.75. The monoisotopic (exact) mass is 363 g/mol. The van der Waals surface area contributed by atoms with Crippen LogP contribution in [-0.4, -0.2) is 33.5 Å². The summed E-state index contributed by atoms with van der Waals surface area (Å²) in [4.78, 5) is 16.9. The molecule has 0 aromatic carbocycles. The number of nitrogen functional groups attached to an aromatic ring is 1. The van der Waals surface area contributed by atoms with Gasteiger partial charge in [-0.3, -0.25) is 4.57 Å². The summed E-state index contributed by atoms with van der Waals surface area (Å²) in [5, 5.41) is 9.01. The molecule has 3 atom stereocenters. The van der Waals surface area contributed by atoms with Crippen LogP contribution in [0.3, 0.4) is 0 Å². The first-order valence-corrected chi connectivity index (χ1v) is 6.81. The van der Waals surface area contributed by atoms with Crippen LogP contribution in [0.1, 0.15) is 11.8 Å². The Bertz CT molecular complexity index is 647. The van der Waals surface area contributed by atoms with E-state index in [1.165, 1.54) is 17.3 Å². The van der Waals surface area contributed by atoms with Gasteiger partial charge in [0.2, 0.25) is 0 Å². The summed E-state index contributed by atoms with van der Waals surface area (Å²) in [6, 6.07) is 0. The molecule has 0 amide bonds. The third-order valence-electron chi connectivity index (χ3n) is 3.05. The van der Waals surface area contributed by atoms with E-state index in [9.17, 15) is 13.6 Å². The summed E-state index contributed by atoms with van der Waals surface area (Å²) in [6.07, 6.45) is -1.56. The van der Waals surface area contributed by atoms with Crippen molar-refractivity contribution in [3.05, 3.63) is 39.1 Å². The van der Waals surface area contributed by atoms with Crippen molar-refractivity contribution in [1.29, 1.82) is 0 Å². The lowest BCUT2D eigenvalue weighted by Gasteiger charge is -2.15. The molecule has 0 saturated carbocycles.